The van der Waals surface area contributed by atoms with Crippen molar-refractivity contribution >= 4 is 33.5 Å². The van der Waals surface area contributed by atoms with Gasteiger partial charge in [0.25, 0.3) is 5.91 Å². The summed E-state index contributed by atoms with van der Waals surface area (Å²) in [5.74, 6) is -1.79. The minimum Gasteiger partial charge on any atom is -0.452 e. The van der Waals surface area contributed by atoms with Gasteiger partial charge in [0.05, 0.1) is 11.3 Å². The van der Waals surface area contributed by atoms with E-state index in [-0.39, 0.29) is 15.7 Å². The Balaban J connectivity index is 2.73. The highest BCUT2D eigenvalue weighted by Gasteiger charge is 2.15. The molecule has 0 saturated heterocycles. The van der Waals surface area contributed by atoms with E-state index in [2.05, 4.69) is 21.2 Å². The molecule has 7 heteroatoms. The first kappa shape index (κ1) is 14.4. The molecular weight excluding hydrogens is 307 g/mol. The molecule has 3 N–H and O–H groups in total. The highest BCUT2D eigenvalue weighted by atomic mass is 79.9. The monoisotopic (exact) mass is 318 g/mol. The van der Waals surface area contributed by atoms with Crippen LogP contribution in [0, 0.1) is 5.82 Å². The van der Waals surface area contributed by atoms with Gasteiger partial charge >= 0.3 is 5.97 Å². The van der Waals surface area contributed by atoms with Crippen molar-refractivity contribution in [2.75, 3.05) is 18.9 Å². The summed E-state index contributed by atoms with van der Waals surface area (Å²) in [5.41, 5.74) is 5.25. The average molecular weight is 319 g/mol. The molecular formula is C11H12BrFN2O3. The summed E-state index contributed by atoms with van der Waals surface area (Å²) in [6.45, 7) is 1.80. The summed E-state index contributed by atoms with van der Waals surface area (Å²) in [5, 5.41) is 2.47. The van der Waals surface area contributed by atoms with E-state index in [9.17, 15) is 14.0 Å². The number of halogens is 2. The van der Waals surface area contributed by atoms with Gasteiger partial charge in [-0.1, -0.05) is 0 Å². The quantitative estimate of drug-likeness (QED) is 0.650. The van der Waals surface area contributed by atoms with Gasteiger partial charge < -0.3 is 15.8 Å². The Kier molecular flexibility index (Phi) is 5.08. The van der Waals surface area contributed by atoms with Crippen LogP contribution in [0.3, 0.4) is 0 Å². The molecule has 1 aromatic carbocycles. The van der Waals surface area contributed by atoms with E-state index < -0.39 is 24.3 Å². The summed E-state index contributed by atoms with van der Waals surface area (Å²) in [7, 11) is 0. The third-order valence-electron chi connectivity index (χ3n) is 2.01. The van der Waals surface area contributed by atoms with Gasteiger partial charge in [-0.2, -0.15) is 0 Å². The number of nitrogens with one attached hydrogen (secondary N) is 1. The van der Waals surface area contributed by atoms with Crippen molar-refractivity contribution in [3.63, 3.8) is 0 Å². The molecule has 0 heterocycles. The van der Waals surface area contributed by atoms with E-state index >= 15 is 0 Å². The van der Waals surface area contributed by atoms with Crippen LogP contribution in [0.4, 0.5) is 10.1 Å². The zero-order chi connectivity index (χ0) is 13.7. The molecule has 98 valence electrons. The molecule has 1 amide bonds. The zero-order valence-corrected chi connectivity index (χ0v) is 11.2. The number of ether oxygens (including phenoxy) is 1. The average Bonchev–Trinajstić information content (AvgIpc) is 2.31. The van der Waals surface area contributed by atoms with Crippen LogP contribution in [0.5, 0.6) is 0 Å². The predicted octanol–water partition coefficient (Wildman–Crippen LogP) is 1.46. The number of amides is 1. The highest BCUT2D eigenvalue weighted by Crippen LogP contribution is 2.23. The molecule has 0 aliphatic heterocycles. The number of anilines is 1. The predicted molar refractivity (Wildman–Crippen MR) is 67.5 cm³/mol. The summed E-state index contributed by atoms with van der Waals surface area (Å²) < 4.78 is 18.0. The Morgan fingerprint density at radius 3 is 2.78 bits per heavy atom. The Morgan fingerprint density at radius 1 is 1.50 bits per heavy atom. The first-order chi connectivity index (χ1) is 8.45. The fourth-order valence-corrected chi connectivity index (χ4v) is 1.66. The van der Waals surface area contributed by atoms with Crippen molar-refractivity contribution < 1.29 is 18.7 Å². The van der Waals surface area contributed by atoms with Crippen LogP contribution < -0.4 is 11.1 Å². The fraction of sp³-hybridized carbons (Fsp3) is 0.273. The molecule has 0 radical (unpaired) electrons. The van der Waals surface area contributed by atoms with Crippen LogP contribution in [0.15, 0.2) is 16.6 Å². The number of carbonyl (C=O) groups is 2. The molecule has 0 fully saturated rings. The van der Waals surface area contributed by atoms with E-state index in [1.54, 1.807) is 6.92 Å². The molecule has 18 heavy (non-hydrogen) atoms. The van der Waals surface area contributed by atoms with Gasteiger partial charge in [0.15, 0.2) is 6.61 Å². The van der Waals surface area contributed by atoms with Crippen molar-refractivity contribution in [2.45, 2.75) is 6.92 Å². The maximum Gasteiger partial charge on any atom is 0.339 e. The van der Waals surface area contributed by atoms with Gasteiger partial charge in [-0.3, -0.25) is 4.79 Å². The van der Waals surface area contributed by atoms with E-state index in [0.29, 0.717) is 6.54 Å². The summed E-state index contributed by atoms with van der Waals surface area (Å²) in [4.78, 5) is 22.7. The van der Waals surface area contributed by atoms with Crippen molar-refractivity contribution in [3.05, 3.63) is 28.0 Å². The third-order valence-corrected chi connectivity index (χ3v) is 2.67. The maximum absolute atomic E-state index is 13.1. The van der Waals surface area contributed by atoms with Gasteiger partial charge in [0.2, 0.25) is 0 Å². The second-order valence-electron chi connectivity index (χ2n) is 3.38. The summed E-state index contributed by atoms with van der Waals surface area (Å²) >= 11 is 3.02. The van der Waals surface area contributed by atoms with Crippen molar-refractivity contribution in [2.24, 2.45) is 0 Å². The molecule has 0 saturated carbocycles. The Hall–Kier alpha value is -1.63. The van der Waals surface area contributed by atoms with Crippen molar-refractivity contribution in [3.8, 4) is 0 Å². The lowest BCUT2D eigenvalue weighted by atomic mass is 10.2. The first-order valence-corrected chi connectivity index (χ1v) is 5.93. The van der Waals surface area contributed by atoms with Gasteiger partial charge in [-0.15, -0.1) is 0 Å². The maximum atomic E-state index is 13.1. The number of carbonyl (C=O) groups excluding carboxylic acids is 2. The Bertz CT molecular complexity index is 480. The molecule has 1 rings (SSSR count). The fourth-order valence-electron chi connectivity index (χ4n) is 1.18. The molecule has 0 unspecified atom stereocenters. The standard InChI is InChI=1S/C11H12BrFN2O3/c1-2-15-10(16)5-18-11(17)6-3-9(14)8(13)4-7(6)12/h3-4H,2,5,14H2,1H3,(H,15,16). The minimum atomic E-state index is -0.750. The molecule has 0 aliphatic rings. The Labute approximate surface area is 112 Å². The largest absolute Gasteiger partial charge is 0.452 e. The first-order valence-electron chi connectivity index (χ1n) is 5.14. The van der Waals surface area contributed by atoms with Gasteiger partial charge in [0.1, 0.15) is 5.82 Å². The van der Waals surface area contributed by atoms with Crippen LogP contribution in [0.1, 0.15) is 17.3 Å². The highest BCUT2D eigenvalue weighted by molar-refractivity contribution is 9.10. The van der Waals surface area contributed by atoms with Crippen molar-refractivity contribution in [1.82, 2.24) is 5.32 Å². The lowest BCUT2D eigenvalue weighted by Crippen LogP contribution is -2.28. The van der Waals surface area contributed by atoms with Crippen LogP contribution in [-0.4, -0.2) is 25.0 Å². The molecule has 0 spiro atoms. The van der Waals surface area contributed by atoms with Crippen LogP contribution >= 0.6 is 15.9 Å². The van der Waals surface area contributed by atoms with Crippen molar-refractivity contribution in [1.29, 1.82) is 0 Å². The lowest BCUT2D eigenvalue weighted by molar-refractivity contribution is -0.124. The number of esters is 1. The summed E-state index contributed by atoms with van der Waals surface area (Å²) in [6.07, 6.45) is 0. The normalized spacial score (nSPS) is 9.94. The Morgan fingerprint density at radius 2 is 2.17 bits per heavy atom. The molecule has 5 nitrogen and oxygen atoms in total. The third kappa shape index (κ3) is 3.69. The molecule has 0 aliphatic carbocycles. The summed E-state index contributed by atoms with van der Waals surface area (Å²) in [6, 6.07) is 2.22. The topological polar surface area (TPSA) is 81.4 Å². The SMILES string of the molecule is CCNC(=O)COC(=O)c1cc(N)c(F)cc1Br. The van der Waals surface area contributed by atoms with Gasteiger partial charge in [-0.05, 0) is 35.0 Å². The number of nitrogen functional groups attached to an aromatic ring is 1. The number of hydrogen-bond donors (Lipinski definition) is 2. The lowest BCUT2D eigenvalue weighted by Gasteiger charge is -2.07. The number of rotatable bonds is 4. The van der Waals surface area contributed by atoms with E-state index in [4.69, 9.17) is 10.5 Å². The van der Waals surface area contributed by atoms with Crippen LogP contribution in [0.25, 0.3) is 0 Å². The molecule has 0 aromatic heterocycles. The van der Waals surface area contributed by atoms with E-state index in [0.717, 1.165) is 12.1 Å². The van der Waals surface area contributed by atoms with E-state index in [1.807, 2.05) is 0 Å². The second kappa shape index (κ2) is 6.34. The molecule has 0 atom stereocenters. The number of hydrogen-bond acceptors (Lipinski definition) is 4. The zero-order valence-electron chi connectivity index (χ0n) is 9.63. The second-order valence-corrected chi connectivity index (χ2v) is 4.24. The molecule has 1 aromatic rings. The van der Waals surface area contributed by atoms with Crippen LogP contribution in [0.2, 0.25) is 0 Å². The number of benzene rings is 1. The molecule has 0 bridgehead atoms. The van der Waals surface area contributed by atoms with E-state index in [1.165, 1.54) is 0 Å². The van der Waals surface area contributed by atoms with Gasteiger partial charge in [-0.25, -0.2) is 9.18 Å². The number of nitrogens with two attached hydrogens (primary N) is 1. The van der Waals surface area contributed by atoms with Crippen LogP contribution in [-0.2, 0) is 9.53 Å². The smallest absolute Gasteiger partial charge is 0.339 e. The number of likely N-dealkylation sites (N-methyl/N-ethyl adjacent to an activating group) is 1. The van der Waals surface area contributed by atoms with Gasteiger partial charge in [0, 0.05) is 11.0 Å². The minimum absolute atomic E-state index is 0.0678.